The van der Waals surface area contributed by atoms with Crippen molar-refractivity contribution in [3.8, 4) is 5.88 Å². The van der Waals surface area contributed by atoms with E-state index in [1.54, 1.807) is 6.07 Å². The molecule has 0 bridgehead atoms. The minimum absolute atomic E-state index is 0.0300. The fourth-order valence-corrected chi connectivity index (χ4v) is 1.57. The van der Waals surface area contributed by atoms with Gasteiger partial charge in [0.1, 0.15) is 0 Å². The molecule has 1 aromatic rings. The first-order valence-electron chi connectivity index (χ1n) is 6.14. The second-order valence-electron chi connectivity index (χ2n) is 3.99. The normalized spacial score (nSPS) is 10.2. The molecule has 0 atom stereocenters. The van der Waals surface area contributed by atoms with Crippen LogP contribution in [0, 0.1) is 0 Å². The van der Waals surface area contributed by atoms with Crippen LogP contribution in [-0.4, -0.2) is 16.7 Å². The van der Waals surface area contributed by atoms with Crippen molar-refractivity contribution in [2.75, 3.05) is 6.61 Å². The quantitative estimate of drug-likeness (QED) is 0.556. The number of ether oxygens (including phenoxy) is 1. The molecule has 0 fully saturated rings. The third-order valence-corrected chi connectivity index (χ3v) is 2.41. The highest BCUT2D eigenvalue weighted by molar-refractivity contribution is 5.24. The van der Waals surface area contributed by atoms with E-state index >= 15 is 0 Å². The number of unbranched alkanes of at least 4 members (excludes halogenated alkanes) is 1. The average Bonchev–Trinajstić information content (AvgIpc) is 2.35. The Morgan fingerprint density at radius 3 is 2.94 bits per heavy atom. The van der Waals surface area contributed by atoms with Gasteiger partial charge in [-0.3, -0.25) is 0 Å². The van der Waals surface area contributed by atoms with Crippen LogP contribution in [-0.2, 0) is 13.0 Å². The van der Waals surface area contributed by atoms with E-state index in [1.807, 2.05) is 12.1 Å². The number of aliphatic hydroxyl groups is 1. The summed E-state index contributed by atoms with van der Waals surface area (Å²) < 4.78 is 5.57. The summed E-state index contributed by atoms with van der Waals surface area (Å²) >= 11 is 0. The molecule has 0 spiro atoms. The fourth-order valence-electron chi connectivity index (χ4n) is 1.57. The molecular weight excluding hydrogens is 214 g/mol. The van der Waals surface area contributed by atoms with Gasteiger partial charge < -0.3 is 9.84 Å². The van der Waals surface area contributed by atoms with Crippen LogP contribution >= 0.6 is 0 Å². The molecule has 1 rings (SSSR count). The van der Waals surface area contributed by atoms with Crippen LogP contribution in [0.3, 0.4) is 0 Å². The number of allylic oxidation sites excluding steroid dienone is 1. The Bertz CT molecular complexity index is 350. The van der Waals surface area contributed by atoms with Crippen molar-refractivity contribution in [3.05, 3.63) is 36.0 Å². The summed E-state index contributed by atoms with van der Waals surface area (Å²) in [6, 6.07) is 3.73. The van der Waals surface area contributed by atoms with E-state index < -0.39 is 0 Å². The Kier molecular flexibility index (Phi) is 6.33. The summed E-state index contributed by atoms with van der Waals surface area (Å²) in [5.74, 6) is 0.615. The Labute approximate surface area is 103 Å². The second kappa shape index (κ2) is 7.85. The Hall–Kier alpha value is -1.35. The van der Waals surface area contributed by atoms with Crippen molar-refractivity contribution in [1.29, 1.82) is 0 Å². The first-order chi connectivity index (χ1) is 8.30. The van der Waals surface area contributed by atoms with Gasteiger partial charge in [-0.15, -0.1) is 6.58 Å². The molecule has 3 nitrogen and oxygen atoms in total. The van der Waals surface area contributed by atoms with Gasteiger partial charge in [0.2, 0.25) is 5.88 Å². The molecule has 3 heteroatoms. The lowest BCUT2D eigenvalue weighted by Gasteiger charge is -2.08. The largest absolute Gasteiger partial charge is 0.478 e. The Morgan fingerprint density at radius 1 is 1.47 bits per heavy atom. The SMILES string of the molecule is C=CCCCOc1cc(CO)cc(CCC)n1. The predicted molar refractivity (Wildman–Crippen MR) is 69.1 cm³/mol. The smallest absolute Gasteiger partial charge is 0.213 e. The van der Waals surface area contributed by atoms with E-state index in [4.69, 9.17) is 9.84 Å². The van der Waals surface area contributed by atoms with Crippen LogP contribution in [0.15, 0.2) is 24.8 Å². The molecule has 1 N–H and O–H groups in total. The summed E-state index contributed by atoms with van der Waals surface area (Å²) in [5, 5.41) is 9.17. The highest BCUT2D eigenvalue weighted by Crippen LogP contribution is 2.14. The predicted octanol–water partition coefficient (Wildman–Crippen LogP) is 2.87. The number of hydrogen-bond acceptors (Lipinski definition) is 3. The first kappa shape index (κ1) is 13.7. The van der Waals surface area contributed by atoms with E-state index in [0.29, 0.717) is 12.5 Å². The average molecular weight is 235 g/mol. The summed E-state index contributed by atoms with van der Waals surface area (Å²) in [4.78, 5) is 4.41. The van der Waals surface area contributed by atoms with Crippen molar-refractivity contribution in [1.82, 2.24) is 4.98 Å². The van der Waals surface area contributed by atoms with Crippen LogP contribution in [0.1, 0.15) is 37.4 Å². The van der Waals surface area contributed by atoms with E-state index in [0.717, 1.165) is 36.9 Å². The zero-order valence-corrected chi connectivity index (χ0v) is 10.5. The third-order valence-electron chi connectivity index (χ3n) is 2.41. The number of pyridine rings is 1. The maximum atomic E-state index is 9.17. The molecule has 0 unspecified atom stereocenters. The van der Waals surface area contributed by atoms with Crippen molar-refractivity contribution in [2.45, 2.75) is 39.2 Å². The first-order valence-corrected chi connectivity index (χ1v) is 6.14. The van der Waals surface area contributed by atoms with Crippen molar-refractivity contribution in [2.24, 2.45) is 0 Å². The monoisotopic (exact) mass is 235 g/mol. The standard InChI is InChI=1S/C14H21NO2/c1-3-5-6-8-17-14-10-12(11-16)9-13(15-14)7-4-2/h3,9-10,16H,1,4-8,11H2,2H3. The molecule has 17 heavy (non-hydrogen) atoms. The van der Waals surface area contributed by atoms with Gasteiger partial charge in [0.25, 0.3) is 0 Å². The van der Waals surface area contributed by atoms with Crippen LogP contribution in [0.4, 0.5) is 0 Å². The van der Waals surface area contributed by atoms with Crippen molar-refractivity contribution in [3.63, 3.8) is 0 Å². The number of aryl methyl sites for hydroxylation is 1. The van der Waals surface area contributed by atoms with E-state index in [-0.39, 0.29) is 6.61 Å². The molecule has 0 aliphatic heterocycles. The Morgan fingerprint density at radius 2 is 2.29 bits per heavy atom. The molecule has 0 radical (unpaired) electrons. The molecule has 0 saturated carbocycles. The molecule has 0 amide bonds. The third kappa shape index (κ3) is 5.00. The van der Waals surface area contributed by atoms with Crippen molar-refractivity contribution >= 4 is 0 Å². The molecule has 0 aliphatic carbocycles. The summed E-state index contributed by atoms with van der Waals surface area (Å²) in [6.07, 6.45) is 5.72. The van der Waals surface area contributed by atoms with E-state index in [2.05, 4.69) is 18.5 Å². The molecule has 0 aliphatic rings. The number of rotatable bonds is 8. The molecule has 1 aromatic heterocycles. The zero-order valence-electron chi connectivity index (χ0n) is 10.5. The van der Waals surface area contributed by atoms with Gasteiger partial charge in [-0.25, -0.2) is 4.98 Å². The molecule has 0 aromatic carbocycles. The Balaban J connectivity index is 2.62. The zero-order chi connectivity index (χ0) is 12.5. The van der Waals surface area contributed by atoms with Crippen molar-refractivity contribution < 1.29 is 9.84 Å². The summed E-state index contributed by atoms with van der Waals surface area (Å²) in [5.41, 5.74) is 1.85. The maximum Gasteiger partial charge on any atom is 0.213 e. The van der Waals surface area contributed by atoms with Gasteiger partial charge in [0.15, 0.2) is 0 Å². The van der Waals surface area contributed by atoms with Gasteiger partial charge in [-0.05, 0) is 30.9 Å². The number of nitrogens with zero attached hydrogens (tertiary/aromatic N) is 1. The lowest BCUT2D eigenvalue weighted by Crippen LogP contribution is -2.02. The highest BCUT2D eigenvalue weighted by Gasteiger charge is 2.03. The van der Waals surface area contributed by atoms with Gasteiger partial charge in [0, 0.05) is 11.8 Å². The van der Waals surface area contributed by atoms with Gasteiger partial charge in [0.05, 0.1) is 13.2 Å². The van der Waals surface area contributed by atoms with Gasteiger partial charge >= 0.3 is 0 Å². The highest BCUT2D eigenvalue weighted by atomic mass is 16.5. The van der Waals surface area contributed by atoms with Gasteiger partial charge in [-0.1, -0.05) is 19.4 Å². The van der Waals surface area contributed by atoms with E-state index in [1.165, 1.54) is 0 Å². The summed E-state index contributed by atoms with van der Waals surface area (Å²) in [7, 11) is 0. The minimum atomic E-state index is 0.0300. The maximum absolute atomic E-state index is 9.17. The number of aromatic nitrogens is 1. The number of hydrogen-bond donors (Lipinski definition) is 1. The van der Waals surface area contributed by atoms with Crippen LogP contribution in [0.25, 0.3) is 0 Å². The molecule has 0 saturated heterocycles. The molecule has 94 valence electrons. The van der Waals surface area contributed by atoms with Gasteiger partial charge in [-0.2, -0.15) is 0 Å². The van der Waals surface area contributed by atoms with E-state index in [9.17, 15) is 0 Å². The number of aliphatic hydroxyl groups excluding tert-OH is 1. The lowest BCUT2D eigenvalue weighted by atomic mass is 10.2. The van der Waals surface area contributed by atoms with Crippen LogP contribution in [0.2, 0.25) is 0 Å². The molecular formula is C14H21NO2. The topological polar surface area (TPSA) is 42.4 Å². The minimum Gasteiger partial charge on any atom is -0.478 e. The summed E-state index contributed by atoms with van der Waals surface area (Å²) in [6.45, 7) is 6.44. The lowest BCUT2D eigenvalue weighted by molar-refractivity contribution is 0.276. The fraction of sp³-hybridized carbons (Fsp3) is 0.500. The van der Waals surface area contributed by atoms with Crippen LogP contribution in [0.5, 0.6) is 5.88 Å². The second-order valence-corrected chi connectivity index (χ2v) is 3.99. The molecule has 1 heterocycles. The van der Waals surface area contributed by atoms with Crippen LogP contribution < -0.4 is 4.74 Å².